The van der Waals surface area contributed by atoms with Crippen LogP contribution in [0.25, 0.3) is 0 Å². The van der Waals surface area contributed by atoms with Gasteiger partial charge < -0.3 is 10.1 Å². The fourth-order valence-corrected chi connectivity index (χ4v) is 3.14. The maximum atomic E-state index is 12.1. The minimum absolute atomic E-state index is 0.145. The average Bonchev–Trinajstić information content (AvgIpc) is 2.61. The Morgan fingerprint density at radius 2 is 1.96 bits per heavy atom. The summed E-state index contributed by atoms with van der Waals surface area (Å²) in [6.07, 6.45) is 2.29. The highest BCUT2D eigenvalue weighted by Crippen LogP contribution is 2.19. The third-order valence-electron chi connectivity index (χ3n) is 3.18. The summed E-state index contributed by atoms with van der Waals surface area (Å²) >= 11 is 2.99. The highest BCUT2D eigenvalue weighted by atomic mass is 32.2. The first-order chi connectivity index (χ1) is 12.1. The molecule has 0 saturated heterocycles. The summed E-state index contributed by atoms with van der Waals surface area (Å²) in [5, 5.41) is 2.86. The van der Waals surface area contributed by atoms with Gasteiger partial charge in [0.15, 0.2) is 0 Å². The number of esters is 1. The predicted octanol–water partition coefficient (Wildman–Crippen LogP) is 3.01. The number of hydrogen-bond donors (Lipinski definition) is 1. The molecule has 0 bridgehead atoms. The van der Waals surface area contributed by atoms with Gasteiger partial charge in [0.2, 0.25) is 0 Å². The van der Waals surface area contributed by atoms with E-state index in [2.05, 4.69) is 5.32 Å². The number of urea groups is 1. The molecule has 0 radical (unpaired) electrons. The molecular formula is C17H27N3O3S2. The summed E-state index contributed by atoms with van der Waals surface area (Å²) < 4.78 is 8.53. The number of carbonyl (C=O) groups is 2. The van der Waals surface area contributed by atoms with E-state index in [-0.39, 0.29) is 18.4 Å². The van der Waals surface area contributed by atoms with Crippen molar-refractivity contribution in [1.29, 1.82) is 0 Å². The van der Waals surface area contributed by atoms with Gasteiger partial charge >= 0.3 is 12.0 Å². The molecule has 0 atom stereocenters. The van der Waals surface area contributed by atoms with Crippen LogP contribution in [-0.4, -0.2) is 59.4 Å². The number of ether oxygens (including phenoxy) is 1. The van der Waals surface area contributed by atoms with Gasteiger partial charge in [-0.1, -0.05) is 30.3 Å². The highest BCUT2D eigenvalue weighted by molar-refractivity contribution is 7.98. The van der Waals surface area contributed by atoms with Crippen LogP contribution in [0.2, 0.25) is 0 Å². The summed E-state index contributed by atoms with van der Waals surface area (Å²) in [6, 6.07) is 9.82. The summed E-state index contributed by atoms with van der Waals surface area (Å²) in [7, 11) is 1.72. The van der Waals surface area contributed by atoms with Gasteiger partial charge in [-0.05, 0) is 18.7 Å². The van der Waals surface area contributed by atoms with Crippen LogP contribution >= 0.6 is 23.9 Å². The van der Waals surface area contributed by atoms with Crippen molar-refractivity contribution in [2.75, 3.05) is 38.8 Å². The van der Waals surface area contributed by atoms with Crippen LogP contribution in [0.5, 0.6) is 0 Å². The van der Waals surface area contributed by atoms with E-state index >= 15 is 0 Å². The number of carbonyl (C=O) groups excluding carboxylic acids is 2. The molecule has 25 heavy (non-hydrogen) atoms. The lowest BCUT2D eigenvalue weighted by Gasteiger charge is -2.26. The third-order valence-corrected chi connectivity index (χ3v) is 4.74. The van der Waals surface area contributed by atoms with Crippen molar-refractivity contribution in [3.8, 4) is 0 Å². The van der Waals surface area contributed by atoms with Crippen LogP contribution in [0.1, 0.15) is 18.9 Å². The molecule has 6 nitrogen and oxygen atoms in total. The number of thioether (sulfide) groups is 1. The Morgan fingerprint density at radius 1 is 1.24 bits per heavy atom. The van der Waals surface area contributed by atoms with Crippen LogP contribution in [0.15, 0.2) is 30.3 Å². The lowest BCUT2D eigenvalue weighted by molar-refractivity contribution is -0.143. The van der Waals surface area contributed by atoms with Crippen molar-refractivity contribution in [1.82, 2.24) is 13.9 Å². The van der Waals surface area contributed by atoms with Crippen LogP contribution in [0.4, 0.5) is 4.79 Å². The van der Waals surface area contributed by atoms with Gasteiger partial charge in [0.05, 0.1) is 13.0 Å². The molecule has 140 valence electrons. The zero-order chi connectivity index (χ0) is 18.5. The first-order valence-corrected chi connectivity index (χ1v) is 10.3. The number of rotatable bonds is 11. The van der Waals surface area contributed by atoms with Crippen molar-refractivity contribution in [3.63, 3.8) is 0 Å². The molecule has 0 spiro atoms. The van der Waals surface area contributed by atoms with Gasteiger partial charge in [-0.2, -0.15) is 11.8 Å². The van der Waals surface area contributed by atoms with E-state index in [0.29, 0.717) is 26.2 Å². The maximum Gasteiger partial charge on any atom is 0.328 e. The second-order valence-corrected chi connectivity index (χ2v) is 7.42. The summed E-state index contributed by atoms with van der Waals surface area (Å²) in [4.78, 5) is 23.8. The second kappa shape index (κ2) is 12.9. The molecule has 0 aliphatic heterocycles. The number of benzene rings is 1. The quantitative estimate of drug-likeness (QED) is 0.359. The molecule has 8 heteroatoms. The van der Waals surface area contributed by atoms with Gasteiger partial charge in [-0.15, -0.1) is 0 Å². The molecule has 2 amide bonds. The minimum atomic E-state index is -0.228. The molecular weight excluding hydrogens is 358 g/mol. The molecule has 1 rings (SSSR count). The standard InChI is InChI=1S/C17H27N3O3S2/c1-4-23-16(21)10-12-20(14-15-8-6-5-7-9-15)25-19(2)17(22)18-11-13-24-3/h5-9H,4,10-14H2,1-3H3,(H,18,22). The Hall–Kier alpha value is -1.38. The van der Waals surface area contributed by atoms with Gasteiger partial charge in [-0.25, -0.2) is 9.10 Å². The number of hydrogen-bond acceptors (Lipinski definition) is 6. The van der Waals surface area contributed by atoms with Crippen molar-refractivity contribution in [2.24, 2.45) is 0 Å². The largest absolute Gasteiger partial charge is 0.466 e. The lowest BCUT2D eigenvalue weighted by atomic mass is 10.2. The van der Waals surface area contributed by atoms with Crippen molar-refractivity contribution >= 4 is 35.9 Å². The van der Waals surface area contributed by atoms with E-state index in [1.807, 2.05) is 40.9 Å². The van der Waals surface area contributed by atoms with E-state index in [4.69, 9.17) is 4.74 Å². The first kappa shape index (κ1) is 21.7. The molecule has 0 fully saturated rings. The van der Waals surface area contributed by atoms with Crippen LogP contribution < -0.4 is 5.32 Å². The molecule has 0 saturated carbocycles. The van der Waals surface area contributed by atoms with Crippen molar-refractivity contribution < 1.29 is 14.3 Å². The van der Waals surface area contributed by atoms with E-state index in [0.717, 1.165) is 11.3 Å². The van der Waals surface area contributed by atoms with E-state index < -0.39 is 0 Å². The van der Waals surface area contributed by atoms with Crippen LogP contribution in [0, 0.1) is 0 Å². The first-order valence-electron chi connectivity index (χ1n) is 8.19. The molecule has 1 aromatic carbocycles. The SMILES string of the molecule is CCOC(=O)CCN(Cc1ccccc1)SN(C)C(=O)NCCSC. The number of nitrogens with zero attached hydrogens (tertiary/aromatic N) is 2. The fourth-order valence-electron chi connectivity index (χ4n) is 1.97. The average molecular weight is 386 g/mol. The Balaban J connectivity index is 2.59. The van der Waals surface area contributed by atoms with Gasteiger partial charge in [0.1, 0.15) is 0 Å². The van der Waals surface area contributed by atoms with E-state index in [1.54, 1.807) is 30.0 Å². The number of nitrogens with one attached hydrogen (secondary N) is 1. The van der Waals surface area contributed by atoms with Crippen LogP contribution in [-0.2, 0) is 16.1 Å². The zero-order valence-corrected chi connectivity index (χ0v) is 16.7. The summed E-state index contributed by atoms with van der Waals surface area (Å²) in [6.45, 7) is 3.93. The molecule has 1 N–H and O–H groups in total. The summed E-state index contributed by atoms with van der Waals surface area (Å²) in [5.41, 5.74) is 1.12. The molecule has 0 heterocycles. The van der Waals surface area contributed by atoms with E-state index in [1.165, 1.54) is 12.1 Å². The molecule has 0 aromatic heterocycles. The molecule has 0 unspecified atom stereocenters. The van der Waals surface area contributed by atoms with Gasteiger partial charge in [0.25, 0.3) is 0 Å². The zero-order valence-electron chi connectivity index (χ0n) is 15.1. The summed E-state index contributed by atoms with van der Waals surface area (Å²) in [5.74, 6) is 0.647. The minimum Gasteiger partial charge on any atom is -0.466 e. The Kier molecular flexibility index (Phi) is 11.2. The normalized spacial score (nSPS) is 10.6. The maximum absolute atomic E-state index is 12.1. The van der Waals surface area contributed by atoms with Crippen molar-refractivity contribution in [3.05, 3.63) is 35.9 Å². The van der Waals surface area contributed by atoms with Gasteiger partial charge in [0, 0.05) is 44.6 Å². The molecule has 1 aromatic rings. The Labute approximate surface area is 158 Å². The third kappa shape index (κ3) is 9.62. The molecule has 0 aliphatic rings. The lowest BCUT2D eigenvalue weighted by Crippen LogP contribution is -2.37. The van der Waals surface area contributed by atoms with E-state index in [9.17, 15) is 9.59 Å². The topological polar surface area (TPSA) is 61.9 Å². The predicted molar refractivity (Wildman–Crippen MR) is 105 cm³/mol. The number of amides is 2. The van der Waals surface area contributed by atoms with Gasteiger partial charge in [-0.3, -0.25) is 9.10 Å². The Bertz CT molecular complexity index is 517. The smallest absolute Gasteiger partial charge is 0.328 e. The Morgan fingerprint density at radius 3 is 2.60 bits per heavy atom. The molecule has 0 aliphatic carbocycles. The van der Waals surface area contributed by atoms with Crippen LogP contribution in [0.3, 0.4) is 0 Å². The second-order valence-electron chi connectivity index (χ2n) is 5.21. The monoisotopic (exact) mass is 385 g/mol. The highest BCUT2D eigenvalue weighted by Gasteiger charge is 2.16. The fraction of sp³-hybridized carbons (Fsp3) is 0.529. The van der Waals surface area contributed by atoms with Crippen molar-refractivity contribution in [2.45, 2.75) is 19.9 Å².